The average molecular weight is 519 g/mol. The van der Waals surface area contributed by atoms with Crippen LogP contribution in [0.5, 0.6) is 5.75 Å². The number of carbonyl (C=O) groups is 2. The van der Waals surface area contributed by atoms with E-state index in [9.17, 15) is 18.0 Å². The van der Waals surface area contributed by atoms with Gasteiger partial charge in [0.05, 0.1) is 5.69 Å². The van der Waals surface area contributed by atoms with Crippen LogP contribution in [0.15, 0.2) is 78.9 Å². The zero-order chi connectivity index (χ0) is 24.3. The molecule has 0 spiro atoms. The van der Waals surface area contributed by atoms with Crippen molar-refractivity contribution in [3.8, 4) is 5.75 Å². The van der Waals surface area contributed by atoms with Gasteiger partial charge in [-0.2, -0.15) is 8.42 Å². The SMILES string of the molecule is CC(C)(Cc1ccc(N2CC(=O)NS2(=O)=O)c(OCc2ccccc2)c1)C(=O)c1ccccc1.[H-].[K+]. The van der Waals surface area contributed by atoms with Crippen molar-refractivity contribution in [3.05, 3.63) is 95.6 Å². The summed E-state index contributed by atoms with van der Waals surface area (Å²) in [6, 6.07) is 23.7. The molecule has 3 aromatic rings. The second-order valence-electron chi connectivity index (χ2n) is 8.87. The quantitative estimate of drug-likeness (QED) is 0.355. The van der Waals surface area contributed by atoms with E-state index in [0.717, 1.165) is 15.4 Å². The molecule has 7 nitrogen and oxygen atoms in total. The van der Waals surface area contributed by atoms with E-state index in [1.807, 2.05) is 67.1 Å². The maximum Gasteiger partial charge on any atom is 1.00 e. The minimum Gasteiger partial charge on any atom is -1.00 e. The van der Waals surface area contributed by atoms with E-state index < -0.39 is 21.5 Å². The van der Waals surface area contributed by atoms with Gasteiger partial charge in [-0.15, -0.1) is 0 Å². The standard InChI is InChI=1S/C26H26N2O5S.K.H/c1-26(2,25(30)21-11-7-4-8-12-21)16-20-13-14-22(28-17-24(29)27-34(28,31)32)23(15-20)33-18-19-9-5-3-6-10-19;;/h3-15H,16-18H2,1-2H3,(H,27,29);;/q;+1;-1. The predicted molar refractivity (Wildman–Crippen MR) is 131 cm³/mol. The van der Waals surface area contributed by atoms with Crippen LogP contribution in [0.25, 0.3) is 0 Å². The molecule has 0 unspecified atom stereocenters. The summed E-state index contributed by atoms with van der Waals surface area (Å²) in [6.45, 7) is 3.67. The molecule has 0 atom stereocenters. The molecule has 9 heteroatoms. The number of anilines is 1. The Morgan fingerprint density at radius 2 is 1.63 bits per heavy atom. The molecule has 1 saturated heterocycles. The molecule has 0 bridgehead atoms. The van der Waals surface area contributed by atoms with Crippen molar-refractivity contribution in [2.24, 2.45) is 5.41 Å². The maximum atomic E-state index is 13.1. The zero-order valence-corrected chi connectivity index (χ0v) is 24.0. The third-order valence-electron chi connectivity index (χ3n) is 5.65. The van der Waals surface area contributed by atoms with Crippen molar-refractivity contribution in [1.29, 1.82) is 0 Å². The summed E-state index contributed by atoms with van der Waals surface area (Å²) < 4.78 is 33.9. The van der Waals surface area contributed by atoms with Crippen molar-refractivity contribution >= 4 is 27.6 Å². The fourth-order valence-electron chi connectivity index (χ4n) is 3.96. The zero-order valence-electron chi connectivity index (χ0n) is 21.0. The first-order valence-electron chi connectivity index (χ1n) is 10.9. The van der Waals surface area contributed by atoms with Crippen molar-refractivity contribution in [3.63, 3.8) is 0 Å². The van der Waals surface area contributed by atoms with Crippen molar-refractivity contribution in [2.45, 2.75) is 26.9 Å². The molecule has 35 heavy (non-hydrogen) atoms. The van der Waals surface area contributed by atoms with Crippen LogP contribution in [0, 0.1) is 5.41 Å². The van der Waals surface area contributed by atoms with Gasteiger partial charge in [0.25, 0.3) is 5.91 Å². The van der Waals surface area contributed by atoms with Crippen LogP contribution >= 0.6 is 0 Å². The van der Waals surface area contributed by atoms with Gasteiger partial charge < -0.3 is 6.16 Å². The van der Waals surface area contributed by atoms with E-state index in [-0.39, 0.29) is 77.4 Å². The monoisotopic (exact) mass is 518 g/mol. The minimum atomic E-state index is -3.99. The molecule has 0 radical (unpaired) electrons. The van der Waals surface area contributed by atoms with E-state index in [1.54, 1.807) is 30.3 Å². The number of nitrogens with one attached hydrogen (secondary N) is 1. The number of ketones is 1. The number of nitrogens with zero attached hydrogens (tertiary/aromatic N) is 1. The number of hydrogen-bond donors (Lipinski definition) is 1. The van der Waals surface area contributed by atoms with Crippen LogP contribution in [0.1, 0.15) is 36.8 Å². The normalized spacial score (nSPS) is 14.7. The molecule has 1 aliphatic rings. The third-order valence-corrected chi connectivity index (χ3v) is 7.04. The Balaban J connectivity index is 0.00000228. The van der Waals surface area contributed by atoms with Crippen molar-refractivity contribution < 1.29 is 75.6 Å². The molecule has 1 N–H and O–H groups in total. The van der Waals surface area contributed by atoms with Gasteiger partial charge in [0.2, 0.25) is 0 Å². The number of Topliss-reactive ketones (excluding diaryl/α,β-unsaturated/α-hetero) is 1. The van der Waals surface area contributed by atoms with Crippen LogP contribution in [-0.2, 0) is 28.0 Å². The maximum absolute atomic E-state index is 13.1. The molecule has 1 aliphatic heterocycles. The molecule has 3 aromatic carbocycles. The second kappa shape index (κ2) is 11.4. The predicted octanol–water partition coefficient (Wildman–Crippen LogP) is 1.01. The summed E-state index contributed by atoms with van der Waals surface area (Å²) in [4.78, 5) is 24.9. The molecule has 0 saturated carbocycles. The Hall–Kier alpha value is -2.01. The van der Waals surface area contributed by atoms with Crippen LogP contribution in [0.2, 0.25) is 0 Å². The summed E-state index contributed by atoms with van der Waals surface area (Å²) in [7, 11) is -3.99. The number of benzene rings is 3. The topological polar surface area (TPSA) is 92.8 Å². The number of carbonyl (C=O) groups excluding carboxylic acids is 2. The van der Waals surface area contributed by atoms with Crippen LogP contribution in [0.3, 0.4) is 0 Å². The molecular formula is C26H27KN2O5S. The molecule has 4 rings (SSSR count). The Morgan fingerprint density at radius 3 is 2.23 bits per heavy atom. The summed E-state index contributed by atoms with van der Waals surface area (Å²) in [5.74, 6) is -0.266. The van der Waals surface area contributed by atoms with Crippen LogP contribution in [-0.4, -0.2) is 26.7 Å². The first kappa shape index (κ1) is 27.6. The third kappa shape index (κ3) is 6.61. The summed E-state index contributed by atoms with van der Waals surface area (Å²) in [6.07, 6.45) is 0.423. The van der Waals surface area contributed by atoms with Gasteiger partial charge >= 0.3 is 61.6 Å². The van der Waals surface area contributed by atoms with E-state index in [0.29, 0.717) is 17.7 Å². The van der Waals surface area contributed by atoms with Crippen LogP contribution < -0.4 is 65.1 Å². The Labute approximate surface area is 250 Å². The summed E-state index contributed by atoms with van der Waals surface area (Å²) in [5.41, 5.74) is 1.94. The first-order valence-corrected chi connectivity index (χ1v) is 12.3. The first-order chi connectivity index (χ1) is 16.2. The Morgan fingerprint density at radius 1 is 1.00 bits per heavy atom. The number of amides is 1. The number of hydrogen-bond acceptors (Lipinski definition) is 5. The van der Waals surface area contributed by atoms with Crippen molar-refractivity contribution in [2.75, 3.05) is 10.8 Å². The van der Waals surface area contributed by atoms with Gasteiger partial charge in [-0.25, -0.2) is 9.03 Å². The van der Waals surface area contributed by atoms with Gasteiger partial charge in [0, 0.05) is 11.0 Å². The second-order valence-corrected chi connectivity index (χ2v) is 10.5. The average Bonchev–Trinajstić information content (AvgIpc) is 3.09. The molecule has 1 fully saturated rings. The largest absolute Gasteiger partial charge is 1.00 e. The van der Waals surface area contributed by atoms with Crippen LogP contribution in [0.4, 0.5) is 5.69 Å². The summed E-state index contributed by atoms with van der Waals surface area (Å²) in [5, 5.41) is 0. The smallest absolute Gasteiger partial charge is 1.00 e. The number of rotatable bonds is 8. The Bertz CT molecular complexity index is 1320. The summed E-state index contributed by atoms with van der Waals surface area (Å²) >= 11 is 0. The number of ether oxygens (including phenoxy) is 1. The molecule has 1 amide bonds. The van der Waals surface area contributed by atoms with Gasteiger partial charge in [-0.1, -0.05) is 80.6 Å². The molecule has 0 aliphatic carbocycles. The van der Waals surface area contributed by atoms with Gasteiger partial charge in [0.15, 0.2) is 5.78 Å². The minimum absolute atomic E-state index is 0. The molecule has 178 valence electrons. The molecule has 0 aromatic heterocycles. The van der Waals surface area contributed by atoms with E-state index in [2.05, 4.69) is 0 Å². The fourth-order valence-corrected chi connectivity index (χ4v) is 5.12. The molecule has 1 heterocycles. The van der Waals surface area contributed by atoms with E-state index in [1.165, 1.54) is 0 Å². The van der Waals surface area contributed by atoms with Gasteiger partial charge in [0.1, 0.15) is 18.9 Å². The van der Waals surface area contributed by atoms with E-state index in [4.69, 9.17) is 4.74 Å². The Kier molecular flexibility index (Phi) is 8.95. The van der Waals surface area contributed by atoms with Gasteiger partial charge in [-0.05, 0) is 29.7 Å². The van der Waals surface area contributed by atoms with E-state index >= 15 is 0 Å². The molecular weight excluding hydrogens is 491 g/mol. The fraction of sp³-hybridized carbons (Fsp3) is 0.231. The van der Waals surface area contributed by atoms with Gasteiger partial charge in [-0.3, -0.25) is 9.59 Å². The van der Waals surface area contributed by atoms with Crippen molar-refractivity contribution in [1.82, 2.24) is 4.72 Å².